The molecule has 3 aromatic rings. The van der Waals surface area contributed by atoms with Crippen LogP contribution in [0.25, 0.3) is 16.8 Å². The minimum atomic E-state index is -0.301. The molecule has 150 valence electrons. The molecule has 0 radical (unpaired) electrons. The van der Waals surface area contributed by atoms with Gasteiger partial charge >= 0.3 is 0 Å². The van der Waals surface area contributed by atoms with Gasteiger partial charge < -0.3 is 9.64 Å². The van der Waals surface area contributed by atoms with Gasteiger partial charge in [0.1, 0.15) is 10.8 Å². The number of rotatable bonds is 5. The maximum Gasteiger partial charge on any atom is 0.233 e. The summed E-state index contributed by atoms with van der Waals surface area (Å²) < 4.78 is 20.3. The lowest BCUT2D eigenvalue weighted by Crippen LogP contribution is -2.41. The third-order valence-corrected chi connectivity index (χ3v) is 5.84. The van der Waals surface area contributed by atoms with Crippen molar-refractivity contribution in [1.29, 1.82) is 0 Å². The van der Waals surface area contributed by atoms with Gasteiger partial charge in [0.25, 0.3) is 0 Å². The molecule has 2 heterocycles. The van der Waals surface area contributed by atoms with Crippen molar-refractivity contribution < 1.29 is 13.9 Å². The van der Waals surface area contributed by atoms with E-state index in [-0.39, 0.29) is 11.7 Å². The molecule has 0 aliphatic carbocycles. The first-order valence-corrected chi connectivity index (χ1v) is 10.6. The van der Waals surface area contributed by atoms with Gasteiger partial charge in [-0.05, 0) is 42.0 Å². The number of aromatic nitrogens is 2. The SMILES string of the molecule is O=C(CSc1nn(-c2ccc(F)cc2)cc1-c1ccc(Cl)cc1)N1CCOCC1. The Labute approximate surface area is 177 Å². The number of ether oxygens (including phenoxy) is 1. The molecule has 0 saturated carbocycles. The van der Waals surface area contributed by atoms with Crippen LogP contribution in [0.3, 0.4) is 0 Å². The lowest BCUT2D eigenvalue weighted by atomic mass is 10.1. The van der Waals surface area contributed by atoms with Crippen LogP contribution in [0.5, 0.6) is 0 Å². The predicted molar refractivity (Wildman–Crippen MR) is 112 cm³/mol. The van der Waals surface area contributed by atoms with Gasteiger partial charge in [-0.15, -0.1) is 0 Å². The quantitative estimate of drug-likeness (QED) is 0.565. The Morgan fingerprint density at radius 1 is 1.10 bits per heavy atom. The Balaban J connectivity index is 1.60. The fourth-order valence-corrected chi connectivity index (χ4v) is 4.09. The van der Waals surface area contributed by atoms with Crippen LogP contribution in [0.4, 0.5) is 4.39 Å². The average Bonchev–Trinajstić information content (AvgIpc) is 3.18. The van der Waals surface area contributed by atoms with Crippen molar-refractivity contribution in [1.82, 2.24) is 14.7 Å². The van der Waals surface area contributed by atoms with Crippen molar-refractivity contribution in [3.05, 3.63) is 65.6 Å². The zero-order valence-electron chi connectivity index (χ0n) is 15.6. The van der Waals surface area contributed by atoms with E-state index in [1.807, 2.05) is 35.4 Å². The van der Waals surface area contributed by atoms with Gasteiger partial charge in [0.05, 0.1) is 24.7 Å². The van der Waals surface area contributed by atoms with E-state index in [4.69, 9.17) is 16.3 Å². The van der Waals surface area contributed by atoms with Crippen molar-refractivity contribution in [3.63, 3.8) is 0 Å². The molecule has 1 aliphatic heterocycles. The van der Waals surface area contributed by atoms with Crippen molar-refractivity contribution >= 4 is 29.3 Å². The van der Waals surface area contributed by atoms with E-state index in [1.165, 1.54) is 23.9 Å². The molecular weight excluding hydrogens is 413 g/mol. The molecule has 0 unspecified atom stereocenters. The summed E-state index contributed by atoms with van der Waals surface area (Å²) in [6, 6.07) is 13.6. The van der Waals surface area contributed by atoms with Gasteiger partial charge in [-0.2, -0.15) is 5.10 Å². The number of amides is 1. The molecule has 5 nitrogen and oxygen atoms in total. The number of carbonyl (C=O) groups is 1. The zero-order chi connectivity index (χ0) is 20.2. The van der Waals surface area contributed by atoms with E-state index >= 15 is 0 Å². The molecule has 1 aliphatic rings. The van der Waals surface area contributed by atoms with Crippen LogP contribution in [0.1, 0.15) is 0 Å². The minimum absolute atomic E-state index is 0.0664. The molecule has 0 spiro atoms. The molecule has 1 amide bonds. The number of benzene rings is 2. The van der Waals surface area contributed by atoms with Gasteiger partial charge in [0.2, 0.25) is 5.91 Å². The standard InChI is InChI=1S/C21H19ClFN3O2S/c22-16-3-1-15(2-4-16)19-13-26(18-7-5-17(23)6-8-18)24-21(19)29-14-20(27)25-9-11-28-12-10-25/h1-8,13H,9-12,14H2. The molecule has 1 aromatic heterocycles. The van der Waals surface area contributed by atoms with Gasteiger partial charge in [0, 0.05) is 29.9 Å². The Kier molecular flexibility index (Phi) is 6.18. The maximum absolute atomic E-state index is 13.3. The smallest absolute Gasteiger partial charge is 0.233 e. The summed E-state index contributed by atoms with van der Waals surface area (Å²) in [5.41, 5.74) is 2.59. The number of halogens is 2. The number of hydrogen-bond acceptors (Lipinski definition) is 4. The Morgan fingerprint density at radius 2 is 1.79 bits per heavy atom. The molecule has 8 heteroatoms. The number of hydrogen-bond donors (Lipinski definition) is 0. The molecule has 4 rings (SSSR count). The second kappa shape index (κ2) is 8.98. The van der Waals surface area contributed by atoms with Crippen LogP contribution >= 0.6 is 23.4 Å². The molecule has 2 aromatic carbocycles. The average molecular weight is 432 g/mol. The van der Waals surface area contributed by atoms with Crippen LogP contribution in [-0.2, 0) is 9.53 Å². The van der Waals surface area contributed by atoms with Gasteiger partial charge in [-0.1, -0.05) is 35.5 Å². The van der Waals surface area contributed by atoms with E-state index in [0.29, 0.717) is 37.1 Å². The van der Waals surface area contributed by atoms with Gasteiger partial charge in [-0.25, -0.2) is 9.07 Å². The van der Waals surface area contributed by atoms with Crippen molar-refractivity contribution in [2.24, 2.45) is 0 Å². The summed E-state index contributed by atoms with van der Waals surface area (Å²) in [5.74, 6) is 0.0577. The first kappa shape index (κ1) is 19.9. The maximum atomic E-state index is 13.3. The molecule has 0 atom stereocenters. The summed E-state index contributed by atoms with van der Waals surface area (Å²) in [4.78, 5) is 14.3. The van der Waals surface area contributed by atoms with Gasteiger partial charge in [0.15, 0.2) is 0 Å². The van der Waals surface area contributed by atoms with E-state index in [1.54, 1.807) is 16.8 Å². The third-order valence-electron chi connectivity index (χ3n) is 4.62. The first-order valence-electron chi connectivity index (χ1n) is 9.20. The second-order valence-electron chi connectivity index (χ2n) is 6.56. The normalized spacial score (nSPS) is 14.2. The molecule has 0 N–H and O–H groups in total. The highest BCUT2D eigenvalue weighted by Crippen LogP contribution is 2.32. The van der Waals surface area contributed by atoms with E-state index in [0.717, 1.165) is 21.8 Å². The Bertz CT molecular complexity index is 986. The highest BCUT2D eigenvalue weighted by atomic mass is 35.5. The third kappa shape index (κ3) is 4.80. The van der Waals surface area contributed by atoms with E-state index in [2.05, 4.69) is 5.10 Å². The Hall–Kier alpha value is -2.35. The fraction of sp³-hybridized carbons (Fsp3) is 0.238. The van der Waals surface area contributed by atoms with Crippen LogP contribution in [0.2, 0.25) is 5.02 Å². The second-order valence-corrected chi connectivity index (χ2v) is 7.96. The van der Waals surface area contributed by atoms with Crippen molar-refractivity contribution in [2.45, 2.75) is 5.03 Å². The summed E-state index contributed by atoms with van der Waals surface area (Å²) in [6.07, 6.45) is 1.89. The highest BCUT2D eigenvalue weighted by molar-refractivity contribution is 8.00. The van der Waals surface area contributed by atoms with Crippen molar-refractivity contribution in [3.8, 4) is 16.8 Å². The highest BCUT2D eigenvalue weighted by Gasteiger charge is 2.19. The summed E-state index contributed by atoms with van der Waals surface area (Å²) >= 11 is 7.42. The van der Waals surface area contributed by atoms with E-state index in [9.17, 15) is 9.18 Å². The van der Waals surface area contributed by atoms with Crippen LogP contribution < -0.4 is 0 Å². The molecule has 1 fully saturated rings. The monoisotopic (exact) mass is 431 g/mol. The fourth-order valence-electron chi connectivity index (χ4n) is 3.05. The summed E-state index contributed by atoms with van der Waals surface area (Å²) in [6.45, 7) is 2.39. The molecule has 1 saturated heterocycles. The number of carbonyl (C=O) groups excluding carboxylic acids is 1. The summed E-state index contributed by atoms with van der Waals surface area (Å²) in [5, 5.41) is 6.04. The van der Waals surface area contributed by atoms with Gasteiger partial charge in [-0.3, -0.25) is 4.79 Å². The van der Waals surface area contributed by atoms with E-state index < -0.39 is 0 Å². The van der Waals surface area contributed by atoms with Crippen LogP contribution in [-0.4, -0.2) is 52.6 Å². The molecule has 29 heavy (non-hydrogen) atoms. The summed E-state index contributed by atoms with van der Waals surface area (Å²) in [7, 11) is 0. The predicted octanol–water partition coefficient (Wildman–Crippen LogP) is 4.28. The number of thioether (sulfide) groups is 1. The van der Waals surface area contributed by atoms with Crippen molar-refractivity contribution in [2.75, 3.05) is 32.1 Å². The largest absolute Gasteiger partial charge is 0.378 e. The topological polar surface area (TPSA) is 47.4 Å². The number of nitrogens with zero attached hydrogens (tertiary/aromatic N) is 3. The first-order chi connectivity index (χ1) is 14.1. The molecule has 0 bridgehead atoms. The Morgan fingerprint density at radius 3 is 2.48 bits per heavy atom. The zero-order valence-corrected chi connectivity index (χ0v) is 17.1. The number of morpholine rings is 1. The lowest BCUT2D eigenvalue weighted by Gasteiger charge is -2.26. The van der Waals surface area contributed by atoms with Crippen LogP contribution in [0, 0.1) is 5.82 Å². The lowest BCUT2D eigenvalue weighted by molar-refractivity contribution is -0.132. The molecular formula is C21H19ClFN3O2S. The van der Waals surface area contributed by atoms with Crippen LogP contribution in [0.15, 0.2) is 59.8 Å². The minimum Gasteiger partial charge on any atom is -0.378 e.